The van der Waals surface area contributed by atoms with E-state index in [4.69, 9.17) is 0 Å². The second-order valence-corrected chi connectivity index (χ2v) is 5.26. The number of hydrogen-bond acceptors (Lipinski definition) is 6. The van der Waals surface area contributed by atoms with Crippen LogP contribution in [0.15, 0.2) is 36.4 Å². The molecular weight excluding hydrogens is 344 g/mol. The van der Waals surface area contributed by atoms with E-state index >= 15 is 0 Å². The first-order chi connectivity index (χ1) is 12.2. The number of carbonyl (C=O) groups is 2. The number of nitro groups is 2. The molecule has 2 aromatic rings. The fourth-order valence-corrected chi connectivity index (χ4v) is 2.25. The lowest BCUT2D eigenvalue weighted by Gasteiger charge is -2.07. The van der Waals surface area contributed by atoms with Crippen molar-refractivity contribution >= 4 is 28.9 Å². The van der Waals surface area contributed by atoms with Crippen molar-refractivity contribution in [3.8, 4) is 0 Å². The van der Waals surface area contributed by atoms with Crippen LogP contribution in [0.25, 0.3) is 0 Å². The van der Waals surface area contributed by atoms with E-state index in [0.717, 1.165) is 12.1 Å². The van der Waals surface area contributed by atoms with Gasteiger partial charge >= 0.3 is 0 Å². The molecule has 0 atom stereocenters. The van der Waals surface area contributed by atoms with Crippen LogP contribution in [0.3, 0.4) is 0 Å². The highest BCUT2D eigenvalue weighted by atomic mass is 16.6. The van der Waals surface area contributed by atoms with Gasteiger partial charge in [0, 0.05) is 30.4 Å². The highest BCUT2D eigenvalue weighted by Crippen LogP contribution is 2.29. The molecular formula is C16H14N4O6. The van der Waals surface area contributed by atoms with E-state index in [2.05, 4.69) is 10.6 Å². The monoisotopic (exact) mass is 358 g/mol. The number of nitrogens with one attached hydrogen (secondary N) is 2. The molecule has 2 aromatic carbocycles. The number of nitro benzene ring substituents is 2. The van der Waals surface area contributed by atoms with Gasteiger partial charge < -0.3 is 10.6 Å². The molecule has 0 fully saturated rings. The van der Waals surface area contributed by atoms with Crippen LogP contribution in [0.5, 0.6) is 0 Å². The van der Waals surface area contributed by atoms with Crippen LogP contribution in [-0.4, -0.2) is 28.7 Å². The van der Waals surface area contributed by atoms with Crippen LogP contribution >= 0.6 is 0 Å². The molecule has 0 saturated carbocycles. The second kappa shape index (κ2) is 7.38. The fraction of sp³-hybridized carbons (Fsp3) is 0.125. The zero-order chi connectivity index (χ0) is 19.4. The van der Waals surface area contributed by atoms with Gasteiger partial charge in [0.25, 0.3) is 23.2 Å². The second-order valence-electron chi connectivity index (χ2n) is 5.26. The third-order valence-electron chi connectivity index (χ3n) is 3.64. The molecule has 0 aliphatic carbocycles. The third-order valence-corrected chi connectivity index (χ3v) is 3.64. The van der Waals surface area contributed by atoms with Crippen LogP contribution in [0.1, 0.15) is 26.3 Å². The van der Waals surface area contributed by atoms with E-state index in [0.29, 0.717) is 11.3 Å². The van der Waals surface area contributed by atoms with Gasteiger partial charge in [-0.05, 0) is 31.2 Å². The van der Waals surface area contributed by atoms with Crippen molar-refractivity contribution in [3.05, 3.63) is 73.3 Å². The SMILES string of the molecule is CNC(=O)c1ccc(NC(=O)c2cc([N+](=O)[O-])c(C)c([N+](=O)[O-])c2)cc1. The maximum atomic E-state index is 12.3. The summed E-state index contributed by atoms with van der Waals surface area (Å²) in [5.74, 6) is -1.04. The van der Waals surface area contributed by atoms with Crippen molar-refractivity contribution in [2.45, 2.75) is 6.92 Å². The standard InChI is InChI=1S/C16H14N4O6/c1-9-13(19(23)24)7-11(8-14(9)20(25)26)16(22)18-12-5-3-10(4-6-12)15(21)17-2/h3-8H,1-2H3,(H,17,21)(H,18,22). The predicted molar refractivity (Wildman–Crippen MR) is 92.3 cm³/mol. The molecule has 0 bridgehead atoms. The minimum absolute atomic E-state index is 0.133. The van der Waals surface area contributed by atoms with E-state index in [1.54, 1.807) is 0 Å². The Balaban J connectivity index is 2.33. The molecule has 10 nitrogen and oxygen atoms in total. The molecule has 2 N–H and O–H groups in total. The first-order valence-corrected chi connectivity index (χ1v) is 7.31. The Morgan fingerprint density at radius 1 is 0.885 bits per heavy atom. The smallest absolute Gasteiger partial charge is 0.279 e. The highest BCUT2D eigenvalue weighted by Gasteiger charge is 2.25. The Bertz CT molecular complexity index is 872. The maximum absolute atomic E-state index is 12.3. The summed E-state index contributed by atoms with van der Waals surface area (Å²) in [5.41, 5.74) is -0.671. The first-order valence-electron chi connectivity index (χ1n) is 7.31. The Morgan fingerprint density at radius 3 is 1.81 bits per heavy atom. The average molecular weight is 358 g/mol. The Hall–Kier alpha value is -3.82. The van der Waals surface area contributed by atoms with Crippen LogP contribution in [0.2, 0.25) is 0 Å². The van der Waals surface area contributed by atoms with Gasteiger partial charge in [-0.1, -0.05) is 0 Å². The van der Waals surface area contributed by atoms with Gasteiger partial charge in [0.2, 0.25) is 0 Å². The van der Waals surface area contributed by atoms with Crippen molar-refractivity contribution in [1.29, 1.82) is 0 Å². The lowest BCUT2D eigenvalue weighted by molar-refractivity contribution is -0.395. The molecule has 0 radical (unpaired) electrons. The zero-order valence-electron chi connectivity index (χ0n) is 13.8. The van der Waals surface area contributed by atoms with Gasteiger partial charge in [-0.25, -0.2) is 0 Å². The molecule has 2 rings (SSSR count). The number of carbonyl (C=O) groups excluding carboxylic acids is 2. The zero-order valence-corrected chi connectivity index (χ0v) is 13.8. The normalized spacial score (nSPS) is 10.1. The molecule has 26 heavy (non-hydrogen) atoms. The third kappa shape index (κ3) is 3.80. The van der Waals surface area contributed by atoms with Gasteiger partial charge in [0.05, 0.1) is 15.4 Å². The predicted octanol–water partition coefficient (Wildman–Crippen LogP) is 2.42. The van der Waals surface area contributed by atoms with Crippen molar-refractivity contribution in [1.82, 2.24) is 5.32 Å². The van der Waals surface area contributed by atoms with E-state index in [1.165, 1.54) is 38.2 Å². The molecule has 0 aromatic heterocycles. The molecule has 2 amide bonds. The van der Waals surface area contributed by atoms with E-state index < -0.39 is 27.1 Å². The van der Waals surface area contributed by atoms with E-state index in [9.17, 15) is 29.8 Å². The number of anilines is 1. The lowest BCUT2D eigenvalue weighted by atomic mass is 10.1. The van der Waals surface area contributed by atoms with Crippen molar-refractivity contribution in [2.75, 3.05) is 12.4 Å². The van der Waals surface area contributed by atoms with Gasteiger partial charge in [-0.15, -0.1) is 0 Å². The van der Waals surface area contributed by atoms with Crippen LogP contribution in [0, 0.1) is 27.2 Å². The number of rotatable bonds is 5. The minimum Gasteiger partial charge on any atom is -0.355 e. The van der Waals surface area contributed by atoms with Gasteiger partial charge in [-0.2, -0.15) is 0 Å². The largest absolute Gasteiger partial charge is 0.355 e. The summed E-state index contributed by atoms with van der Waals surface area (Å²) in [6.07, 6.45) is 0. The molecule has 0 unspecified atom stereocenters. The Labute approximate surface area is 147 Å². The number of benzene rings is 2. The van der Waals surface area contributed by atoms with E-state index in [-0.39, 0.29) is 17.0 Å². The molecule has 134 valence electrons. The molecule has 10 heteroatoms. The molecule has 0 aliphatic rings. The maximum Gasteiger partial charge on any atom is 0.279 e. The summed E-state index contributed by atoms with van der Waals surface area (Å²) in [6.45, 7) is 1.25. The van der Waals surface area contributed by atoms with E-state index in [1.807, 2.05) is 0 Å². The Morgan fingerprint density at radius 2 is 1.38 bits per heavy atom. The molecule has 0 aliphatic heterocycles. The summed E-state index contributed by atoms with van der Waals surface area (Å²) < 4.78 is 0. The van der Waals surface area contributed by atoms with Gasteiger partial charge in [0.15, 0.2) is 0 Å². The van der Waals surface area contributed by atoms with Crippen molar-refractivity contribution < 1.29 is 19.4 Å². The molecule has 0 heterocycles. The van der Waals surface area contributed by atoms with Gasteiger partial charge in [-0.3, -0.25) is 29.8 Å². The van der Waals surface area contributed by atoms with Crippen molar-refractivity contribution in [3.63, 3.8) is 0 Å². The van der Waals surface area contributed by atoms with Crippen LogP contribution in [-0.2, 0) is 0 Å². The van der Waals surface area contributed by atoms with Crippen LogP contribution in [0.4, 0.5) is 17.1 Å². The Kier molecular flexibility index (Phi) is 5.26. The average Bonchev–Trinajstić information content (AvgIpc) is 2.61. The highest BCUT2D eigenvalue weighted by molar-refractivity contribution is 6.05. The summed E-state index contributed by atoms with van der Waals surface area (Å²) in [7, 11) is 1.48. The first kappa shape index (κ1) is 18.5. The lowest BCUT2D eigenvalue weighted by Crippen LogP contribution is -2.18. The summed E-state index contributed by atoms with van der Waals surface area (Å²) in [6, 6.07) is 7.87. The fourth-order valence-electron chi connectivity index (χ4n) is 2.25. The minimum atomic E-state index is -0.780. The summed E-state index contributed by atoms with van der Waals surface area (Å²) in [4.78, 5) is 44.4. The topological polar surface area (TPSA) is 144 Å². The number of amides is 2. The van der Waals surface area contributed by atoms with Crippen LogP contribution < -0.4 is 10.6 Å². The van der Waals surface area contributed by atoms with Gasteiger partial charge in [0.1, 0.15) is 5.56 Å². The summed E-state index contributed by atoms with van der Waals surface area (Å²) in [5, 5.41) is 27.1. The summed E-state index contributed by atoms with van der Waals surface area (Å²) >= 11 is 0. The number of hydrogen-bond donors (Lipinski definition) is 2. The number of nitrogens with zero attached hydrogens (tertiary/aromatic N) is 2. The molecule has 0 spiro atoms. The molecule has 0 saturated heterocycles. The van der Waals surface area contributed by atoms with Crippen molar-refractivity contribution in [2.24, 2.45) is 0 Å². The quantitative estimate of drug-likeness (QED) is 0.620.